The Morgan fingerprint density at radius 1 is 1.03 bits per heavy atom. The van der Waals surface area contributed by atoms with Crippen molar-refractivity contribution >= 4 is 16.7 Å². The van der Waals surface area contributed by atoms with Gasteiger partial charge < -0.3 is 40.1 Å². The average Bonchev–Trinajstić information content (AvgIpc) is 2.83. The molecule has 0 aromatic heterocycles. The molecule has 2 fully saturated rings. The number of carboxylic acid groups (broad SMARTS) is 1. The van der Waals surface area contributed by atoms with Crippen LogP contribution < -0.4 is 4.74 Å². The molecule has 2 aromatic carbocycles. The van der Waals surface area contributed by atoms with Crippen molar-refractivity contribution in [3.63, 3.8) is 0 Å². The largest absolute Gasteiger partial charge is 0.508 e. The van der Waals surface area contributed by atoms with Crippen LogP contribution in [0.25, 0.3) is 10.8 Å². The van der Waals surface area contributed by atoms with E-state index in [1.807, 2.05) is 0 Å². The van der Waals surface area contributed by atoms with E-state index in [2.05, 4.69) is 0 Å². The maximum atomic E-state index is 11.9. The fraction of sp³-hybridized carbons (Fsp3) is 0.560. The van der Waals surface area contributed by atoms with Crippen molar-refractivity contribution in [3.8, 4) is 11.5 Å². The van der Waals surface area contributed by atoms with Gasteiger partial charge in [-0.05, 0) is 41.3 Å². The van der Waals surface area contributed by atoms with Crippen LogP contribution in [0.2, 0.25) is 0 Å². The van der Waals surface area contributed by atoms with Crippen molar-refractivity contribution in [1.82, 2.24) is 0 Å². The topological polar surface area (TPSA) is 157 Å². The molecule has 9 heteroatoms. The van der Waals surface area contributed by atoms with E-state index in [0.717, 1.165) is 25.7 Å². The standard InChI is InChI=1S/C25H32O9/c26-12-19-21(28)22(29)23(30)24(34-19)20-16-11-15(8-6-14(16)7-9-17(20)27)33-18(25(31)32)10-13-4-2-1-3-5-13/h6-9,11,13,18-19,21-24,26-30H,1-5,10,12H2,(H,31,32). The van der Waals surface area contributed by atoms with Crippen molar-refractivity contribution in [2.24, 2.45) is 5.92 Å². The van der Waals surface area contributed by atoms with E-state index in [1.165, 1.54) is 12.5 Å². The number of phenolic OH excluding ortho intramolecular Hbond substituents is 1. The smallest absolute Gasteiger partial charge is 0.344 e. The van der Waals surface area contributed by atoms with Gasteiger partial charge in [0.15, 0.2) is 6.10 Å². The van der Waals surface area contributed by atoms with Gasteiger partial charge in [0.05, 0.1) is 6.61 Å². The summed E-state index contributed by atoms with van der Waals surface area (Å²) in [7, 11) is 0. The van der Waals surface area contributed by atoms with Crippen LogP contribution in [0.1, 0.15) is 50.2 Å². The van der Waals surface area contributed by atoms with Crippen molar-refractivity contribution in [1.29, 1.82) is 0 Å². The molecule has 2 aromatic rings. The van der Waals surface area contributed by atoms with Crippen molar-refractivity contribution in [3.05, 3.63) is 35.9 Å². The molecule has 0 amide bonds. The minimum Gasteiger partial charge on any atom is -0.508 e. The van der Waals surface area contributed by atoms with Crippen LogP contribution in [-0.4, -0.2) is 73.7 Å². The second-order valence-electron chi connectivity index (χ2n) is 9.32. The molecule has 1 aliphatic heterocycles. The predicted molar refractivity (Wildman–Crippen MR) is 122 cm³/mol. The fourth-order valence-electron chi connectivity index (χ4n) is 5.11. The summed E-state index contributed by atoms with van der Waals surface area (Å²) < 4.78 is 11.5. The Labute approximate surface area is 197 Å². The van der Waals surface area contributed by atoms with Crippen LogP contribution in [0.5, 0.6) is 11.5 Å². The van der Waals surface area contributed by atoms with Gasteiger partial charge in [0.1, 0.15) is 42.0 Å². The highest BCUT2D eigenvalue weighted by atomic mass is 16.5. The lowest BCUT2D eigenvalue weighted by atomic mass is 9.85. The number of hydrogen-bond acceptors (Lipinski definition) is 8. The third kappa shape index (κ3) is 4.99. The number of fused-ring (bicyclic) bond motifs is 1. The van der Waals surface area contributed by atoms with Gasteiger partial charge in [-0.25, -0.2) is 4.79 Å². The number of aromatic hydroxyl groups is 1. The number of carboxylic acids is 1. The van der Waals surface area contributed by atoms with E-state index >= 15 is 0 Å². The summed E-state index contributed by atoms with van der Waals surface area (Å²) in [4.78, 5) is 11.9. The predicted octanol–water partition coefficient (Wildman–Crippen LogP) is 1.86. The molecular weight excluding hydrogens is 444 g/mol. The summed E-state index contributed by atoms with van der Waals surface area (Å²) in [5.41, 5.74) is 0.152. The number of carbonyl (C=O) groups is 1. The molecule has 0 radical (unpaired) electrons. The normalized spacial score (nSPS) is 29.1. The maximum Gasteiger partial charge on any atom is 0.344 e. The van der Waals surface area contributed by atoms with E-state index in [1.54, 1.807) is 24.3 Å². The quantitative estimate of drug-likeness (QED) is 0.351. The Bertz CT molecular complexity index is 1000. The molecule has 1 heterocycles. The molecule has 6 N–H and O–H groups in total. The molecular formula is C25H32O9. The zero-order chi connectivity index (χ0) is 24.4. The summed E-state index contributed by atoms with van der Waals surface area (Å²) in [5.74, 6) is -0.683. The van der Waals surface area contributed by atoms with E-state index in [4.69, 9.17) is 9.47 Å². The van der Waals surface area contributed by atoms with E-state index in [0.29, 0.717) is 23.1 Å². The monoisotopic (exact) mass is 476 g/mol. The number of rotatable bonds is 7. The molecule has 6 unspecified atom stereocenters. The molecule has 6 atom stereocenters. The molecule has 1 saturated carbocycles. The second-order valence-corrected chi connectivity index (χ2v) is 9.32. The Morgan fingerprint density at radius 2 is 1.74 bits per heavy atom. The van der Waals surface area contributed by atoms with Crippen LogP contribution in [0.4, 0.5) is 0 Å². The summed E-state index contributed by atoms with van der Waals surface area (Å²) >= 11 is 0. The van der Waals surface area contributed by atoms with Crippen molar-refractivity contribution in [2.75, 3.05) is 6.61 Å². The summed E-state index contributed by atoms with van der Waals surface area (Å²) in [6, 6.07) is 7.99. The van der Waals surface area contributed by atoms with E-state index < -0.39 is 49.2 Å². The van der Waals surface area contributed by atoms with Gasteiger partial charge in [0.2, 0.25) is 0 Å². The molecule has 2 aliphatic rings. The number of phenols is 1. The molecule has 34 heavy (non-hydrogen) atoms. The summed E-state index contributed by atoms with van der Waals surface area (Å²) in [6.45, 7) is -0.594. The van der Waals surface area contributed by atoms with Gasteiger partial charge in [-0.2, -0.15) is 0 Å². The zero-order valence-corrected chi connectivity index (χ0v) is 18.8. The van der Waals surface area contributed by atoms with Gasteiger partial charge >= 0.3 is 5.97 Å². The number of aliphatic carboxylic acids is 1. The number of benzene rings is 2. The van der Waals surface area contributed by atoms with Crippen molar-refractivity contribution in [2.45, 2.75) is 75.1 Å². The van der Waals surface area contributed by atoms with Gasteiger partial charge in [-0.3, -0.25) is 0 Å². The fourth-order valence-corrected chi connectivity index (χ4v) is 5.11. The van der Waals surface area contributed by atoms with E-state index in [-0.39, 0.29) is 17.1 Å². The molecule has 1 aliphatic carbocycles. The van der Waals surface area contributed by atoms with Gasteiger partial charge in [-0.1, -0.05) is 44.2 Å². The summed E-state index contributed by atoms with van der Waals surface area (Å²) in [5, 5.41) is 61.9. The number of aliphatic hydroxyl groups is 4. The van der Waals surface area contributed by atoms with E-state index in [9.17, 15) is 35.4 Å². The summed E-state index contributed by atoms with van der Waals surface area (Å²) in [6.07, 6.45) is -2.36. The van der Waals surface area contributed by atoms with Crippen LogP contribution in [0, 0.1) is 5.92 Å². The minimum absolute atomic E-state index is 0.152. The molecule has 4 rings (SSSR count). The van der Waals surface area contributed by atoms with Crippen molar-refractivity contribution < 1.29 is 44.9 Å². The van der Waals surface area contributed by atoms with Crippen LogP contribution in [0.3, 0.4) is 0 Å². The second kappa shape index (κ2) is 10.5. The van der Waals surface area contributed by atoms with Crippen LogP contribution >= 0.6 is 0 Å². The lowest BCUT2D eigenvalue weighted by Gasteiger charge is -2.40. The maximum absolute atomic E-state index is 11.9. The van der Waals surface area contributed by atoms with Crippen LogP contribution in [-0.2, 0) is 9.53 Å². The Kier molecular flexibility index (Phi) is 7.59. The average molecular weight is 477 g/mol. The highest BCUT2D eigenvalue weighted by Crippen LogP contribution is 2.41. The first-order valence-electron chi connectivity index (χ1n) is 11.8. The number of ether oxygens (including phenoxy) is 2. The third-order valence-electron chi connectivity index (χ3n) is 7.01. The lowest BCUT2D eigenvalue weighted by molar-refractivity contribution is -0.231. The Balaban J connectivity index is 1.66. The highest BCUT2D eigenvalue weighted by molar-refractivity contribution is 5.89. The molecule has 1 saturated heterocycles. The minimum atomic E-state index is -1.60. The molecule has 0 spiro atoms. The highest BCUT2D eigenvalue weighted by Gasteiger charge is 2.45. The Morgan fingerprint density at radius 3 is 2.41 bits per heavy atom. The van der Waals surface area contributed by atoms with Crippen LogP contribution in [0.15, 0.2) is 30.3 Å². The number of hydrogen-bond donors (Lipinski definition) is 6. The first-order valence-corrected chi connectivity index (χ1v) is 11.8. The molecule has 0 bridgehead atoms. The SMILES string of the molecule is O=C(O)C(CC1CCCCC1)Oc1ccc2ccc(O)c(C3OC(CO)C(O)C(O)C3O)c2c1. The lowest BCUT2D eigenvalue weighted by Crippen LogP contribution is -2.55. The van der Waals surface area contributed by atoms with Gasteiger partial charge in [-0.15, -0.1) is 0 Å². The molecule has 186 valence electrons. The Hall–Kier alpha value is -2.43. The molecule has 9 nitrogen and oxygen atoms in total. The third-order valence-corrected chi connectivity index (χ3v) is 7.01. The first kappa shape index (κ1) is 24.7. The zero-order valence-electron chi connectivity index (χ0n) is 18.8. The van der Waals surface area contributed by atoms with Gasteiger partial charge in [0, 0.05) is 5.56 Å². The van der Waals surface area contributed by atoms with Gasteiger partial charge in [0.25, 0.3) is 0 Å². The number of aliphatic hydroxyl groups excluding tert-OH is 4. The first-order chi connectivity index (χ1) is 16.3.